The fourth-order valence-electron chi connectivity index (χ4n) is 5.99. The van der Waals surface area contributed by atoms with Gasteiger partial charge in [-0.2, -0.15) is 0 Å². The smallest absolute Gasteiger partial charge is 0.402 e. The molecule has 3 saturated heterocycles. The highest BCUT2D eigenvalue weighted by atomic mass is 16.8. The molecule has 0 radical (unpaired) electrons. The van der Waals surface area contributed by atoms with Crippen LogP contribution in [0.2, 0.25) is 0 Å². The van der Waals surface area contributed by atoms with E-state index in [1.54, 1.807) is 0 Å². The average Bonchev–Trinajstić information content (AvgIpc) is 3.12. The van der Waals surface area contributed by atoms with Gasteiger partial charge in [-0.3, -0.25) is 0 Å². The maximum absolute atomic E-state index is 11.1. The van der Waals surface area contributed by atoms with Gasteiger partial charge in [0.25, 0.3) is 0 Å². The van der Waals surface area contributed by atoms with E-state index in [0.717, 1.165) is 24.3 Å². The maximum atomic E-state index is 11.1. The quantitative estimate of drug-likeness (QED) is 0.0741. The van der Waals surface area contributed by atoms with Crippen molar-refractivity contribution < 1.29 is 99.2 Å². The van der Waals surface area contributed by atoms with Gasteiger partial charge in [0, 0.05) is 18.2 Å². The lowest BCUT2D eigenvalue weighted by Crippen LogP contribution is -2.63. The summed E-state index contributed by atoms with van der Waals surface area (Å²) in [7, 11) is 0. The third kappa shape index (κ3) is 7.27. The summed E-state index contributed by atoms with van der Waals surface area (Å²) in [5, 5.41) is 134. The van der Waals surface area contributed by atoms with E-state index in [-0.39, 0.29) is 33.8 Å². The van der Waals surface area contributed by atoms with Crippen molar-refractivity contribution >= 4 is 11.0 Å². The molecular formula is C32H39O20+. The number of fused-ring (bicyclic) bond motifs is 1. The second-order valence-corrected chi connectivity index (χ2v) is 12.5. The van der Waals surface area contributed by atoms with E-state index in [2.05, 4.69) is 0 Å². The van der Waals surface area contributed by atoms with Gasteiger partial charge in [0.15, 0.2) is 23.9 Å². The second kappa shape index (κ2) is 15.3. The van der Waals surface area contributed by atoms with Crippen molar-refractivity contribution in [3.05, 3.63) is 36.4 Å². The van der Waals surface area contributed by atoms with Crippen molar-refractivity contribution in [2.75, 3.05) is 19.8 Å². The number of aliphatic hydroxyl groups excluding tert-OH is 10. The van der Waals surface area contributed by atoms with Crippen LogP contribution in [0.25, 0.3) is 22.3 Å². The Morgan fingerprint density at radius 3 is 1.94 bits per heavy atom. The zero-order valence-electron chi connectivity index (χ0n) is 26.8. The largest absolute Gasteiger partial charge is 0.507 e. The van der Waals surface area contributed by atoms with Gasteiger partial charge >= 0.3 is 11.3 Å². The van der Waals surface area contributed by atoms with Crippen LogP contribution in [0.4, 0.5) is 0 Å². The van der Waals surface area contributed by atoms with Crippen molar-refractivity contribution in [1.82, 2.24) is 0 Å². The lowest BCUT2D eigenvalue weighted by Gasteiger charge is -2.44. The maximum Gasteiger partial charge on any atom is 0.402 e. The highest BCUT2D eigenvalue weighted by molar-refractivity contribution is 5.89. The molecule has 0 bridgehead atoms. The van der Waals surface area contributed by atoms with Crippen LogP contribution in [-0.2, 0) is 18.9 Å². The molecule has 14 atom stereocenters. The van der Waals surface area contributed by atoms with Crippen LogP contribution in [0.1, 0.15) is 0 Å². The highest BCUT2D eigenvalue weighted by Crippen LogP contribution is 2.43. The fraction of sp³-hybridized carbons (Fsp3) is 0.531. The normalized spacial score (nSPS) is 36.8. The summed E-state index contributed by atoms with van der Waals surface area (Å²) in [6, 6.07) is 6.98. The lowest BCUT2D eigenvalue weighted by molar-refractivity contribution is -0.344. The Bertz CT molecular complexity index is 1710. The van der Waals surface area contributed by atoms with Crippen LogP contribution < -0.4 is 9.47 Å². The molecule has 0 saturated carbocycles. The highest BCUT2D eigenvalue weighted by Gasteiger charge is 2.51. The van der Waals surface area contributed by atoms with Gasteiger partial charge in [-0.05, 0) is 12.1 Å². The summed E-state index contributed by atoms with van der Waals surface area (Å²) >= 11 is 0. The molecule has 6 rings (SSSR count). The molecular weight excluding hydrogens is 704 g/mol. The molecule has 286 valence electrons. The lowest BCUT2D eigenvalue weighted by atomic mass is 9.98. The topological polar surface area (TPSA) is 330 Å². The Balaban J connectivity index is 1.44. The van der Waals surface area contributed by atoms with Gasteiger partial charge in [-0.1, -0.05) is 0 Å². The molecule has 13 N–H and O–H groups in total. The predicted octanol–water partition coefficient (Wildman–Crippen LogP) is -3.68. The first-order valence-electron chi connectivity index (χ1n) is 16.0. The molecule has 3 aliphatic rings. The van der Waals surface area contributed by atoms with Crippen LogP contribution in [0, 0.1) is 0 Å². The second-order valence-electron chi connectivity index (χ2n) is 12.5. The van der Waals surface area contributed by atoms with Crippen LogP contribution in [0.3, 0.4) is 0 Å². The standard InChI is InChI=1S/C32H38O20/c33-7-19-22(40)24(42)27(45)31(50-19)48-17-5-11(35)4-16-12(17)6-18(28(47-16)10-1-2-13(36)14(37)3-10)49-32-29(25(43)23(41)20(8-34)51-32)52-30-26(44)21(39)15(38)9-46-30/h1-6,15,19-27,29-34,38-45H,7-9H2,(H2-,35,36,37)/p+1/t15-,19-,20-,21+,22-,23-,24+,25+,26-,27-,29-,30+,31-,32-/m1/s1. The van der Waals surface area contributed by atoms with E-state index in [1.165, 1.54) is 12.1 Å². The Labute approximate surface area is 292 Å². The van der Waals surface area contributed by atoms with Gasteiger partial charge in [0.05, 0.1) is 31.5 Å². The predicted molar refractivity (Wildman–Crippen MR) is 166 cm³/mol. The number of aromatic hydroxyl groups is 3. The molecule has 0 amide bonds. The van der Waals surface area contributed by atoms with Crippen LogP contribution in [-0.4, -0.2) is 172 Å². The molecule has 3 aliphatic heterocycles. The van der Waals surface area contributed by atoms with Crippen LogP contribution in [0.5, 0.6) is 28.7 Å². The van der Waals surface area contributed by atoms with Crippen molar-refractivity contribution in [2.45, 2.75) is 86.0 Å². The van der Waals surface area contributed by atoms with Crippen LogP contribution in [0.15, 0.2) is 40.8 Å². The fourth-order valence-corrected chi connectivity index (χ4v) is 5.99. The zero-order chi connectivity index (χ0) is 37.6. The first-order chi connectivity index (χ1) is 24.7. The molecule has 0 spiro atoms. The number of aliphatic hydroxyl groups is 10. The molecule has 3 aromatic rings. The molecule has 1 aromatic heterocycles. The van der Waals surface area contributed by atoms with Gasteiger partial charge in [-0.15, -0.1) is 0 Å². The average molecular weight is 744 g/mol. The minimum Gasteiger partial charge on any atom is -0.507 e. The van der Waals surface area contributed by atoms with E-state index >= 15 is 0 Å². The number of ether oxygens (including phenoxy) is 6. The van der Waals surface area contributed by atoms with Gasteiger partial charge in [0.2, 0.25) is 18.3 Å². The number of phenolic OH excluding ortho intramolecular Hbond substituents is 3. The minimum absolute atomic E-state index is 0.0211. The van der Waals surface area contributed by atoms with E-state index in [4.69, 9.17) is 32.8 Å². The number of phenols is 3. The van der Waals surface area contributed by atoms with Crippen LogP contribution >= 0.6 is 0 Å². The Kier molecular flexibility index (Phi) is 11.2. The SMILES string of the molecule is OC[C@H]1O[C@@H](Oc2cc(O)cc3[o+]c(-c4ccc(O)c(O)c4)c(O[C@@H]4O[C@H](CO)[C@@H](O)[C@H](O)[C@H]4O[C@@H]4OC[C@@H](O)[C@H](O)[C@H]4O)cc23)[C@H](O)[C@@H](O)[C@@H]1O. The number of hydrogen-bond acceptors (Lipinski definition) is 19. The molecule has 20 nitrogen and oxygen atoms in total. The Morgan fingerprint density at radius 2 is 1.27 bits per heavy atom. The number of hydrogen-bond donors (Lipinski definition) is 13. The summed E-state index contributed by atoms with van der Waals surface area (Å²) in [4.78, 5) is 0. The molecule has 2 aromatic carbocycles. The molecule has 20 heteroatoms. The Morgan fingerprint density at radius 1 is 0.635 bits per heavy atom. The molecule has 3 fully saturated rings. The van der Waals surface area contributed by atoms with Gasteiger partial charge in [0.1, 0.15) is 77.9 Å². The van der Waals surface area contributed by atoms with E-state index in [0.29, 0.717) is 0 Å². The molecule has 0 aliphatic carbocycles. The van der Waals surface area contributed by atoms with E-state index in [9.17, 15) is 66.4 Å². The third-order valence-corrected chi connectivity index (χ3v) is 8.94. The molecule has 4 heterocycles. The van der Waals surface area contributed by atoms with Gasteiger partial charge < -0.3 is 94.8 Å². The summed E-state index contributed by atoms with van der Waals surface area (Å²) in [6.07, 6.45) is -23.8. The summed E-state index contributed by atoms with van der Waals surface area (Å²) in [5.74, 6) is -2.30. The first kappa shape index (κ1) is 38.0. The number of rotatable bonds is 9. The van der Waals surface area contributed by atoms with E-state index in [1.807, 2.05) is 0 Å². The van der Waals surface area contributed by atoms with Crippen molar-refractivity contribution in [3.63, 3.8) is 0 Å². The summed E-state index contributed by atoms with van der Waals surface area (Å²) < 4.78 is 40.3. The zero-order valence-corrected chi connectivity index (χ0v) is 26.8. The Hall–Kier alpha value is -3.71. The van der Waals surface area contributed by atoms with Crippen molar-refractivity contribution in [3.8, 4) is 40.1 Å². The number of benzene rings is 2. The van der Waals surface area contributed by atoms with Crippen molar-refractivity contribution in [1.29, 1.82) is 0 Å². The third-order valence-electron chi connectivity index (χ3n) is 8.94. The molecule has 0 unspecified atom stereocenters. The summed E-state index contributed by atoms with van der Waals surface area (Å²) in [6.45, 7) is -2.07. The van der Waals surface area contributed by atoms with Crippen molar-refractivity contribution in [2.24, 2.45) is 0 Å². The van der Waals surface area contributed by atoms with E-state index < -0.39 is 123 Å². The molecule has 52 heavy (non-hydrogen) atoms. The monoisotopic (exact) mass is 743 g/mol. The first-order valence-corrected chi connectivity index (χ1v) is 16.0. The summed E-state index contributed by atoms with van der Waals surface area (Å²) in [5.41, 5.74) is -0.0653. The van der Waals surface area contributed by atoms with Gasteiger partial charge in [-0.25, -0.2) is 4.42 Å². The minimum atomic E-state index is -1.89.